The molecule has 2 nitrogen and oxygen atoms in total. The predicted molar refractivity (Wildman–Crippen MR) is 102 cm³/mol. The Morgan fingerprint density at radius 2 is 1.62 bits per heavy atom. The summed E-state index contributed by atoms with van der Waals surface area (Å²) in [5, 5.41) is 5.03. The standard InChI is InChI=1S/C22H19NO/c1-13(2)14-8-6-9-17-20-19(24-22(14)17)12-11-16-15-7-4-5-10-18(15)23(3)21(16)20/h4-13H,1-3H3. The van der Waals surface area contributed by atoms with E-state index in [0.29, 0.717) is 5.92 Å². The van der Waals surface area contributed by atoms with E-state index in [1.165, 1.54) is 38.1 Å². The summed E-state index contributed by atoms with van der Waals surface area (Å²) in [4.78, 5) is 0. The first kappa shape index (κ1) is 13.7. The fourth-order valence-electron chi connectivity index (χ4n) is 4.03. The van der Waals surface area contributed by atoms with Crippen LogP contribution in [0.25, 0.3) is 43.7 Å². The molecular weight excluding hydrogens is 294 g/mol. The van der Waals surface area contributed by atoms with E-state index in [1.807, 2.05) is 0 Å². The van der Waals surface area contributed by atoms with Crippen molar-refractivity contribution in [2.75, 3.05) is 0 Å². The van der Waals surface area contributed by atoms with Gasteiger partial charge < -0.3 is 8.98 Å². The number of nitrogens with zero attached hydrogens (tertiary/aromatic N) is 1. The number of hydrogen-bond acceptors (Lipinski definition) is 1. The Hall–Kier alpha value is -2.74. The van der Waals surface area contributed by atoms with Gasteiger partial charge in [0, 0.05) is 28.7 Å². The largest absolute Gasteiger partial charge is 0.456 e. The van der Waals surface area contributed by atoms with Crippen LogP contribution in [-0.4, -0.2) is 4.57 Å². The van der Waals surface area contributed by atoms with Crippen LogP contribution in [0.2, 0.25) is 0 Å². The summed E-state index contributed by atoms with van der Waals surface area (Å²) < 4.78 is 8.59. The molecule has 0 amide bonds. The summed E-state index contributed by atoms with van der Waals surface area (Å²) in [6.45, 7) is 4.43. The van der Waals surface area contributed by atoms with Crippen LogP contribution in [0.3, 0.4) is 0 Å². The van der Waals surface area contributed by atoms with E-state index in [0.717, 1.165) is 11.2 Å². The highest BCUT2D eigenvalue weighted by Crippen LogP contribution is 2.40. The molecule has 0 aliphatic rings. The second kappa shape index (κ2) is 4.64. The minimum absolute atomic E-state index is 0.442. The third kappa shape index (κ3) is 1.60. The normalized spacial score (nSPS) is 12.3. The Labute approximate surface area is 140 Å². The number of aryl methyl sites for hydroxylation is 1. The molecule has 0 saturated carbocycles. The first-order valence-corrected chi connectivity index (χ1v) is 8.48. The lowest BCUT2D eigenvalue weighted by Crippen LogP contribution is -1.88. The van der Waals surface area contributed by atoms with Gasteiger partial charge in [0.25, 0.3) is 0 Å². The van der Waals surface area contributed by atoms with Crippen LogP contribution >= 0.6 is 0 Å². The van der Waals surface area contributed by atoms with Gasteiger partial charge in [0.1, 0.15) is 11.2 Å². The van der Waals surface area contributed by atoms with Gasteiger partial charge in [-0.3, -0.25) is 0 Å². The highest BCUT2D eigenvalue weighted by Gasteiger charge is 2.18. The zero-order chi connectivity index (χ0) is 16.4. The lowest BCUT2D eigenvalue weighted by molar-refractivity contribution is 0.657. The van der Waals surface area contributed by atoms with Crippen LogP contribution in [-0.2, 0) is 7.05 Å². The van der Waals surface area contributed by atoms with Crippen LogP contribution < -0.4 is 0 Å². The van der Waals surface area contributed by atoms with Crippen LogP contribution in [0.5, 0.6) is 0 Å². The Bertz CT molecular complexity index is 1240. The molecule has 0 aliphatic heterocycles. The number of para-hydroxylation sites is 2. The van der Waals surface area contributed by atoms with Crippen molar-refractivity contribution in [1.82, 2.24) is 4.57 Å². The Balaban J connectivity index is 2.08. The number of furan rings is 1. The molecule has 0 saturated heterocycles. The Morgan fingerprint density at radius 1 is 0.833 bits per heavy atom. The van der Waals surface area contributed by atoms with Crippen molar-refractivity contribution < 1.29 is 4.42 Å². The molecule has 118 valence electrons. The summed E-state index contributed by atoms with van der Waals surface area (Å²) in [6.07, 6.45) is 0. The van der Waals surface area contributed by atoms with Crippen molar-refractivity contribution in [3.05, 3.63) is 60.2 Å². The second-order valence-electron chi connectivity index (χ2n) is 6.89. The third-order valence-electron chi connectivity index (χ3n) is 5.18. The van der Waals surface area contributed by atoms with E-state index in [9.17, 15) is 0 Å². The topological polar surface area (TPSA) is 18.1 Å². The van der Waals surface area contributed by atoms with E-state index in [2.05, 4.69) is 80.1 Å². The van der Waals surface area contributed by atoms with Crippen molar-refractivity contribution in [2.24, 2.45) is 7.05 Å². The van der Waals surface area contributed by atoms with Crippen LogP contribution in [0.1, 0.15) is 25.3 Å². The highest BCUT2D eigenvalue weighted by molar-refractivity contribution is 6.24. The van der Waals surface area contributed by atoms with E-state index in [4.69, 9.17) is 4.42 Å². The molecule has 3 aromatic carbocycles. The number of aromatic nitrogens is 1. The minimum atomic E-state index is 0.442. The zero-order valence-electron chi connectivity index (χ0n) is 14.1. The summed E-state index contributed by atoms with van der Waals surface area (Å²) in [6, 6.07) is 19.4. The molecule has 2 heterocycles. The van der Waals surface area contributed by atoms with Gasteiger partial charge in [-0.15, -0.1) is 0 Å². The van der Waals surface area contributed by atoms with E-state index < -0.39 is 0 Å². The molecule has 2 heteroatoms. The molecule has 24 heavy (non-hydrogen) atoms. The van der Waals surface area contributed by atoms with Crippen molar-refractivity contribution in [3.63, 3.8) is 0 Å². The number of benzene rings is 3. The van der Waals surface area contributed by atoms with Crippen molar-refractivity contribution >= 4 is 43.7 Å². The number of fused-ring (bicyclic) bond motifs is 7. The fourth-order valence-corrected chi connectivity index (χ4v) is 4.03. The molecule has 0 N–H and O–H groups in total. The van der Waals surface area contributed by atoms with E-state index >= 15 is 0 Å². The smallest absolute Gasteiger partial charge is 0.138 e. The number of rotatable bonds is 1. The van der Waals surface area contributed by atoms with Gasteiger partial charge in [-0.1, -0.05) is 50.2 Å². The average Bonchev–Trinajstić information content (AvgIpc) is 3.11. The molecule has 0 spiro atoms. The number of hydrogen-bond donors (Lipinski definition) is 0. The highest BCUT2D eigenvalue weighted by atomic mass is 16.3. The van der Waals surface area contributed by atoms with Crippen LogP contribution in [0, 0.1) is 0 Å². The van der Waals surface area contributed by atoms with Crippen LogP contribution in [0.4, 0.5) is 0 Å². The molecule has 5 aromatic rings. The monoisotopic (exact) mass is 313 g/mol. The van der Waals surface area contributed by atoms with Crippen molar-refractivity contribution in [1.29, 1.82) is 0 Å². The lowest BCUT2D eigenvalue weighted by atomic mass is 10.00. The van der Waals surface area contributed by atoms with Gasteiger partial charge in [-0.05, 0) is 29.7 Å². The summed E-state index contributed by atoms with van der Waals surface area (Å²) in [5.74, 6) is 0.442. The quantitative estimate of drug-likeness (QED) is 0.352. The second-order valence-corrected chi connectivity index (χ2v) is 6.89. The molecular formula is C22H19NO. The van der Waals surface area contributed by atoms with Gasteiger partial charge in [0.05, 0.1) is 10.9 Å². The maximum Gasteiger partial charge on any atom is 0.138 e. The molecule has 2 aromatic heterocycles. The predicted octanol–water partition coefficient (Wildman–Crippen LogP) is 6.35. The first-order valence-electron chi connectivity index (χ1n) is 8.48. The van der Waals surface area contributed by atoms with E-state index in [-0.39, 0.29) is 0 Å². The average molecular weight is 313 g/mol. The molecule has 0 atom stereocenters. The lowest BCUT2D eigenvalue weighted by Gasteiger charge is -2.05. The fraction of sp³-hybridized carbons (Fsp3) is 0.182. The van der Waals surface area contributed by atoms with E-state index in [1.54, 1.807) is 0 Å². The van der Waals surface area contributed by atoms with Crippen LogP contribution in [0.15, 0.2) is 59.0 Å². The SMILES string of the molecule is CC(C)c1cccc2c1oc1ccc3c4ccccc4n(C)c3c12. The molecule has 0 radical (unpaired) electrons. The molecule has 5 rings (SSSR count). The zero-order valence-corrected chi connectivity index (χ0v) is 14.1. The summed E-state index contributed by atoms with van der Waals surface area (Å²) in [7, 11) is 2.15. The minimum Gasteiger partial charge on any atom is -0.456 e. The summed E-state index contributed by atoms with van der Waals surface area (Å²) >= 11 is 0. The first-order chi connectivity index (χ1) is 11.7. The maximum atomic E-state index is 6.29. The van der Waals surface area contributed by atoms with Gasteiger partial charge in [0.15, 0.2) is 0 Å². The van der Waals surface area contributed by atoms with Crippen molar-refractivity contribution in [3.8, 4) is 0 Å². The van der Waals surface area contributed by atoms with Gasteiger partial charge in [-0.25, -0.2) is 0 Å². The molecule has 0 fully saturated rings. The maximum absolute atomic E-state index is 6.29. The van der Waals surface area contributed by atoms with Gasteiger partial charge in [0.2, 0.25) is 0 Å². The molecule has 0 bridgehead atoms. The van der Waals surface area contributed by atoms with Gasteiger partial charge >= 0.3 is 0 Å². The third-order valence-corrected chi connectivity index (χ3v) is 5.18. The Kier molecular flexibility index (Phi) is 2.64. The Morgan fingerprint density at radius 3 is 2.46 bits per heavy atom. The summed E-state index contributed by atoms with van der Waals surface area (Å²) in [5.41, 5.74) is 5.79. The molecule has 0 unspecified atom stereocenters. The molecule has 0 aliphatic carbocycles. The van der Waals surface area contributed by atoms with Crippen molar-refractivity contribution in [2.45, 2.75) is 19.8 Å². The van der Waals surface area contributed by atoms with Gasteiger partial charge in [-0.2, -0.15) is 0 Å².